The molecule has 0 radical (unpaired) electrons. The van der Waals surface area contributed by atoms with Gasteiger partial charge in [-0.25, -0.2) is 0 Å². The van der Waals surface area contributed by atoms with E-state index in [4.69, 9.17) is 4.74 Å². The van der Waals surface area contributed by atoms with Gasteiger partial charge in [-0.2, -0.15) is 0 Å². The van der Waals surface area contributed by atoms with E-state index in [2.05, 4.69) is 61.5 Å². The first-order valence-electron chi connectivity index (χ1n) is 9.59. The zero-order chi connectivity index (χ0) is 19.4. The molecule has 0 saturated carbocycles. The topological polar surface area (TPSA) is 26.5 Å². The lowest BCUT2D eigenvalue weighted by Gasteiger charge is -2.17. The van der Waals surface area contributed by atoms with Crippen LogP contribution in [0.2, 0.25) is 0 Å². The van der Waals surface area contributed by atoms with Gasteiger partial charge in [-0.1, -0.05) is 31.2 Å². The van der Waals surface area contributed by atoms with Crippen LogP contribution in [0.5, 0.6) is 5.75 Å². The monoisotopic (exact) mass is 360 g/mol. The fraction of sp³-hybridized carbons (Fsp3) is 0.292. The number of hydrogen-bond acceptors (Lipinski definition) is 2. The van der Waals surface area contributed by atoms with Gasteiger partial charge in [0, 0.05) is 29.2 Å². The zero-order valence-electron chi connectivity index (χ0n) is 16.9. The number of nitrogens with zero attached hydrogens (tertiary/aromatic N) is 2. The number of rotatable bonds is 6. The minimum Gasteiger partial charge on any atom is -0.494 e. The fourth-order valence-electron chi connectivity index (χ4n) is 3.55. The highest BCUT2D eigenvalue weighted by atomic mass is 16.5. The van der Waals surface area contributed by atoms with Crippen LogP contribution in [0.4, 0.5) is 5.69 Å². The summed E-state index contributed by atoms with van der Waals surface area (Å²) in [5, 5.41) is 0. The lowest BCUT2D eigenvalue weighted by atomic mass is 10.1. The van der Waals surface area contributed by atoms with Crippen molar-refractivity contribution in [1.29, 1.82) is 0 Å². The van der Waals surface area contributed by atoms with Crippen molar-refractivity contribution in [3.63, 3.8) is 0 Å². The van der Waals surface area contributed by atoms with Crippen molar-refractivity contribution in [2.75, 3.05) is 6.61 Å². The highest BCUT2D eigenvalue weighted by Crippen LogP contribution is 2.27. The van der Waals surface area contributed by atoms with Gasteiger partial charge in [0.2, 0.25) is 0 Å². The van der Waals surface area contributed by atoms with Gasteiger partial charge in [0.15, 0.2) is 0 Å². The predicted molar refractivity (Wildman–Crippen MR) is 114 cm³/mol. The van der Waals surface area contributed by atoms with E-state index in [0.717, 1.165) is 23.4 Å². The average molecular weight is 361 g/mol. The van der Waals surface area contributed by atoms with E-state index in [9.17, 15) is 0 Å². The van der Waals surface area contributed by atoms with Crippen molar-refractivity contribution < 1.29 is 4.74 Å². The Morgan fingerprint density at radius 1 is 1.00 bits per heavy atom. The Labute approximate surface area is 162 Å². The first-order valence-corrected chi connectivity index (χ1v) is 9.59. The van der Waals surface area contributed by atoms with Crippen molar-refractivity contribution in [3.05, 3.63) is 76.6 Å². The number of aliphatic imine (C=N–C) groups is 1. The molecule has 0 saturated heterocycles. The second kappa shape index (κ2) is 8.26. The number of aryl methyl sites for hydroxylation is 3. The lowest BCUT2D eigenvalue weighted by molar-refractivity contribution is 0.340. The second-order valence-corrected chi connectivity index (χ2v) is 6.79. The SMILES string of the molecule is CCOc1cccc(N=Cc2cc(C)n(-c3c(C)cccc3CC)c2C)c1. The molecule has 0 atom stereocenters. The Morgan fingerprint density at radius 2 is 1.78 bits per heavy atom. The number of aromatic nitrogens is 1. The van der Waals surface area contributed by atoms with E-state index < -0.39 is 0 Å². The summed E-state index contributed by atoms with van der Waals surface area (Å²) in [7, 11) is 0. The molecule has 0 amide bonds. The molecule has 2 aromatic carbocycles. The number of para-hydroxylation sites is 1. The van der Waals surface area contributed by atoms with Crippen molar-refractivity contribution in [2.24, 2.45) is 4.99 Å². The summed E-state index contributed by atoms with van der Waals surface area (Å²) >= 11 is 0. The number of ether oxygens (including phenoxy) is 1. The van der Waals surface area contributed by atoms with Gasteiger partial charge in [0.1, 0.15) is 5.75 Å². The van der Waals surface area contributed by atoms with E-state index in [1.165, 1.54) is 28.2 Å². The Balaban J connectivity index is 1.99. The van der Waals surface area contributed by atoms with E-state index in [-0.39, 0.29) is 0 Å². The van der Waals surface area contributed by atoms with Crippen molar-refractivity contribution >= 4 is 11.9 Å². The largest absolute Gasteiger partial charge is 0.494 e. The van der Waals surface area contributed by atoms with E-state index in [1.54, 1.807) is 0 Å². The number of hydrogen-bond donors (Lipinski definition) is 0. The van der Waals surface area contributed by atoms with Crippen LogP contribution in [0, 0.1) is 20.8 Å². The maximum atomic E-state index is 5.56. The molecule has 3 rings (SSSR count). The highest BCUT2D eigenvalue weighted by Gasteiger charge is 2.14. The molecular weight excluding hydrogens is 332 g/mol. The molecule has 0 fully saturated rings. The quantitative estimate of drug-likeness (QED) is 0.487. The molecule has 0 unspecified atom stereocenters. The van der Waals surface area contributed by atoms with Crippen LogP contribution in [-0.2, 0) is 6.42 Å². The standard InChI is InChI=1S/C24H28N2O/c1-6-20-11-8-10-17(3)24(20)26-18(4)14-21(19(26)5)16-25-22-12-9-13-23(15-22)27-7-2/h8-16H,6-7H2,1-5H3. The molecule has 1 aromatic heterocycles. The van der Waals surface area contributed by atoms with Gasteiger partial charge in [-0.15, -0.1) is 0 Å². The van der Waals surface area contributed by atoms with Crippen LogP contribution in [0.25, 0.3) is 5.69 Å². The summed E-state index contributed by atoms with van der Waals surface area (Å²) in [6.07, 6.45) is 2.97. The number of benzene rings is 2. The van der Waals surface area contributed by atoms with Crippen LogP contribution in [0.15, 0.2) is 53.5 Å². The Kier molecular flexibility index (Phi) is 5.80. The third kappa shape index (κ3) is 3.97. The van der Waals surface area contributed by atoms with E-state index >= 15 is 0 Å². The van der Waals surface area contributed by atoms with Crippen LogP contribution in [-0.4, -0.2) is 17.4 Å². The lowest BCUT2D eigenvalue weighted by Crippen LogP contribution is -2.05. The molecule has 3 aromatic rings. The smallest absolute Gasteiger partial charge is 0.121 e. The molecule has 3 heteroatoms. The highest BCUT2D eigenvalue weighted by molar-refractivity contribution is 5.84. The second-order valence-electron chi connectivity index (χ2n) is 6.79. The average Bonchev–Trinajstić information content (AvgIpc) is 2.94. The Bertz CT molecular complexity index is 967. The van der Waals surface area contributed by atoms with Crippen LogP contribution < -0.4 is 4.74 Å². The first kappa shape index (κ1) is 19.0. The van der Waals surface area contributed by atoms with Crippen molar-refractivity contribution in [1.82, 2.24) is 4.57 Å². The molecule has 0 aliphatic rings. The molecular formula is C24H28N2O. The minimum atomic E-state index is 0.657. The molecule has 3 nitrogen and oxygen atoms in total. The summed E-state index contributed by atoms with van der Waals surface area (Å²) < 4.78 is 7.92. The van der Waals surface area contributed by atoms with Gasteiger partial charge in [-0.05, 0) is 63.4 Å². The zero-order valence-corrected chi connectivity index (χ0v) is 16.9. The minimum absolute atomic E-state index is 0.657. The van der Waals surface area contributed by atoms with Gasteiger partial charge < -0.3 is 9.30 Å². The predicted octanol–water partition coefficient (Wildman–Crippen LogP) is 6.11. The molecule has 27 heavy (non-hydrogen) atoms. The molecule has 0 bridgehead atoms. The van der Waals surface area contributed by atoms with E-state index in [0.29, 0.717) is 6.61 Å². The van der Waals surface area contributed by atoms with Gasteiger partial charge in [0.25, 0.3) is 0 Å². The summed E-state index contributed by atoms with van der Waals surface area (Å²) in [5.41, 5.74) is 8.43. The summed E-state index contributed by atoms with van der Waals surface area (Å²) in [5.74, 6) is 0.852. The summed E-state index contributed by atoms with van der Waals surface area (Å²) in [6.45, 7) is 11.4. The summed E-state index contributed by atoms with van der Waals surface area (Å²) in [6, 6.07) is 16.6. The molecule has 0 N–H and O–H groups in total. The third-order valence-electron chi connectivity index (χ3n) is 4.88. The molecule has 0 aliphatic heterocycles. The Hall–Kier alpha value is -2.81. The maximum absolute atomic E-state index is 5.56. The fourth-order valence-corrected chi connectivity index (χ4v) is 3.55. The molecule has 140 valence electrons. The van der Waals surface area contributed by atoms with Gasteiger partial charge in [0.05, 0.1) is 18.0 Å². The molecule has 1 heterocycles. The first-order chi connectivity index (χ1) is 13.0. The molecule has 0 aliphatic carbocycles. The summed E-state index contributed by atoms with van der Waals surface area (Å²) in [4.78, 5) is 4.68. The van der Waals surface area contributed by atoms with Crippen LogP contribution in [0.1, 0.15) is 41.9 Å². The maximum Gasteiger partial charge on any atom is 0.121 e. The normalized spacial score (nSPS) is 11.3. The van der Waals surface area contributed by atoms with E-state index in [1.807, 2.05) is 37.4 Å². The van der Waals surface area contributed by atoms with Gasteiger partial charge >= 0.3 is 0 Å². The van der Waals surface area contributed by atoms with Crippen LogP contribution >= 0.6 is 0 Å². The van der Waals surface area contributed by atoms with Crippen LogP contribution in [0.3, 0.4) is 0 Å². The van der Waals surface area contributed by atoms with Gasteiger partial charge in [-0.3, -0.25) is 4.99 Å². The third-order valence-corrected chi connectivity index (χ3v) is 4.88. The Morgan fingerprint density at radius 3 is 2.52 bits per heavy atom. The molecule has 0 spiro atoms. The van der Waals surface area contributed by atoms with Crippen molar-refractivity contribution in [3.8, 4) is 11.4 Å². The van der Waals surface area contributed by atoms with Crippen molar-refractivity contribution in [2.45, 2.75) is 41.0 Å².